The lowest BCUT2D eigenvalue weighted by Gasteiger charge is -2.29. The molecule has 0 spiro atoms. The van der Waals surface area contributed by atoms with Gasteiger partial charge >= 0.3 is 0 Å². The average Bonchev–Trinajstić information content (AvgIpc) is 1.95. The quantitative estimate of drug-likeness (QED) is 0.561. The summed E-state index contributed by atoms with van der Waals surface area (Å²) in [5.74, 6) is 0.749. The van der Waals surface area contributed by atoms with E-state index in [-0.39, 0.29) is 11.4 Å². The Hall–Kier alpha value is 0.310. The number of thiol groups is 1. The van der Waals surface area contributed by atoms with Gasteiger partial charge in [-0.3, -0.25) is 0 Å². The molecule has 0 bridgehead atoms. The molecule has 1 saturated carbocycles. The molecule has 0 amide bonds. The van der Waals surface area contributed by atoms with Crippen molar-refractivity contribution in [2.45, 2.75) is 44.0 Å². The van der Waals surface area contributed by atoms with Crippen LogP contribution in [0.15, 0.2) is 0 Å². The third-order valence-electron chi connectivity index (χ3n) is 2.47. The van der Waals surface area contributed by atoms with Gasteiger partial charge in [0.2, 0.25) is 0 Å². The Balaban J connectivity index is 2.33. The van der Waals surface area contributed by atoms with Crippen LogP contribution in [0.2, 0.25) is 0 Å². The highest BCUT2D eigenvalue weighted by Crippen LogP contribution is 2.29. The first kappa shape index (κ1) is 8.41. The van der Waals surface area contributed by atoms with Crippen LogP contribution in [-0.4, -0.2) is 16.5 Å². The SMILES string of the molecule is CC[C@@H]1CC[C@@H](S)[C@H](O)C1. The van der Waals surface area contributed by atoms with Gasteiger partial charge in [0.1, 0.15) is 0 Å². The maximum Gasteiger partial charge on any atom is 0.0658 e. The number of aliphatic hydroxyl groups is 1. The Labute approximate surface area is 68.2 Å². The van der Waals surface area contributed by atoms with Crippen molar-refractivity contribution in [2.24, 2.45) is 5.92 Å². The topological polar surface area (TPSA) is 20.2 Å². The molecule has 0 heterocycles. The largest absolute Gasteiger partial charge is 0.392 e. The zero-order valence-corrected chi connectivity index (χ0v) is 7.35. The fourth-order valence-electron chi connectivity index (χ4n) is 1.59. The highest BCUT2D eigenvalue weighted by atomic mass is 32.1. The van der Waals surface area contributed by atoms with Crippen LogP contribution in [-0.2, 0) is 0 Å². The van der Waals surface area contributed by atoms with Gasteiger partial charge in [0, 0.05) is 5.25 Å². The van der Waals surface area contributed by atoms with Crippen LogP contribution >= 0.6 is 12.6 Å². The molecule has 0 unspecified atom stereocenters. The molecular weight excluding hydrogens is 144 g/mol. The number of hydrogen-bond acceptors (Lipinski definition) is 2. The van der Waals surface area contributed by atoms with Gasteiger partial charge in [-0.05, 0) is 25.2 Å². The molecule has 0 aromatic heterocycles. The van der Waals surface area contributed by atoms with E-state index in [9.17, 15) is 5.11 Å². The molecule has 1 rings (SSSR count). The third kappa shape index (κ3) is 1.89. The van der Waals surface area contributed by atoms with Crippen molar-refractivity contribution >= 4 is 12.6 Å². The molecule has 60 valence electrons. The summed E-state index contributed by atoms with van der Waals surface area (Å²) in [4.78, 5) is 0. The highest BCUT2D eigenvalue weighted by Gasteiger charge is 2.25. The van der Waals surface area contributed by atoms with Gasteiger partial charge in [0.05, 0.1) is 6.10 Å². The minimum absolute atomic E-state index is 0.151. The van der Waals surface area contributed by atoms with Crippen LogP contribution in [0, 0.1) is 5.92 Å². The predicted molar refractivity (Wildman–Crippen MR) is 46.4 cm³/mol. The van der Waals surface area contributed by atoms with Gasteiger partial charge in [0.25, 0.3) is 0 Å². The first-order valence-corrected chi connectivity index (χ1v) is 4.61. The zero-order valence-electron chi connectivity index (χ0n) is 6.45. The molecule has 3 atom stereocenters. The van der Waals surface area contributed by atoms with Gasteiger partial charge in [0.15, 0.2) is 0 Å². The van der Waals surface area contributed by atoms with Gasteiger partial charge in [-0.15, -0.1) is 0 Å². The van der Waals surface area contributed by atoms with Crippen molar-refractivity contribution in [2.75, 3.05) is 0 Å². The predicted octanol–water partition coefficient (Wildman–Crippen LogP) is 1.86. The Kier molecular flexibility index (Phi) is 3.05. The summed E-state index contributed by atoms with van der Waals surface area (Å²) in [5, 5.41) is 9.64. The number of hydrogen-bond donors (Lipinski definition) is 2. The van der Waals surface area contributed by atoms with Gasteiger partial charge in [-0.2, -0.15) is 12.6 Å². The second-order valence-corrected chi connectivity index (χ2v) is 3.89. The van der Waals surface area contributed by atoms with E-state index >= 15 is 0 Å². The van der Waals surface area contributed by atoms with E-state index in [4.69, 9.17) is 0 Å². The standard InChI is InChI=1S/C8H16OS/c1-2-6-3-4-8(10)7(9)5-6/h6-10H,2-5H2,1H3/t6-,7-,8-/m1/s1. The molecule has 1 N–H and O–H groups in total. The summed E-state index contributed by atoms with van der Waals surface area (Å²) in [6, 6.07) is 0. The Morgan fingerprint density at radius 1 is 1.50 bits per heavy atom. The van der Waals surface area contributed by atoms with E-state index in [1.807, 2.05) is 0 Å². The van der Waals surface area contributed by atoms with Crippen LogP contribution < -0.4 is 0 Å². The lowest BCUT2D eigenvalue weighted by Crippen LogP contribution is -2.29. The second-order valence-electron chi connectivity index (χ2n) is 3.22. The van der Waals surface area contributed by atoms with Crippen molar-refractivity contribution in [3.63, 3.8) is 0 Å². The van der Waals surface area contributed by atoms with E-state index in [0.717, 1.165) is 18.8 Å². The van der Waals surface area contributed by atoms with E-state index in [0.29, 0.717) is 0 Å². The Bertz CT molecular complexity index is 105. The minimum Gasteiger partial charge on any atom is -0.392 e. The van der Waals surface area contributed by atoms with Crippen molar-refractivity contribution in [3.05, 3.63) is 0 Å². The maximum absolute atomic E-state index is 9.40. The Morgan fingerprint density at radius 2 is 2.20 bits per heavy atom. The fraction of sp³-hybridized carbons (Fsp3) is 1.00. The van der Waals surface area contributed by atoms with Crippen LogP contribution in [0.4, 0.5) is 0 Å². The molecule has 0 saturated heterocycles. The molecule has 1 aliphatic rings. The molecule has 1 nitrogen and oxygen atoms in total. The fourth-order valence-corrected chi connectivity index (χ4v) is 1.86. The van der Waals surface area contributed by atoms with Crippen LogP contribution in [0.5, 0.6) is 0 Å². The maximum atomic E-state index is 9.40. The summed E-state index contributed by atoms with van der Waals surface area (Å²) in [7, 11) is 0. The van der Waals surface area contributed by atoms with E-state index in [2.05, 4.69) is 19.6 Å². The lowest BCUT2D eigenvalue weighted by molar-refractivity contribution is 0.107. The van der Waals surface area contributed by atoms with Crippen molar-refractivity contribution in [1.29, 1.82) is 0 Å². The Morgan fingerprint density at radius 3 is 2.70 bits per heavy atom. The summed E-state index contributed by atoms with van der Waals surface area (Å²) in [6.07, 6.45) is 4.36. The summed E-state index contributed by atoms with van der Waals surface area (Å²) in [5.41, 5.74) is 0. The van der Waals surface area contributed by atoms with Gasteiger partial charge < -0.3 is 5.11 Å². The molecule has 1 fully saturated rings. The summed E-state index contributed by atoms with van der Waals surface area (Å²) in [6.45, 7) is 2.19. The van der Waals surface area contributed by atoms with Gasteiger partial charge in [-0.25, -0.2) is 0 Å². The van der Waals surface area contributed by atoms with E-state index in [1.54, 1.807) is 0 Å². The molecule has 10 heavy (non-hydrogen) atoms. The number of aliphatic hydroxyl groups excluding tert-OH is 1. The first-order chi connectivity index (χ1) is 4.74. The highest BCUT2D eigenvalue weighted by molar-refractivity contribution is 7.81. The average molecular weight is 160 g/mol. The normalized spacial score (nSPS) is 41.7. The molecule has 2 heteroatoms. The van der Waals surface area contributed by atoms with Crippen LogP contribution in [0.1, 0.15) is 32.6 Å². The van der Waals surface area contributed by atoms with Crippen molar-refractivity contribution < 1.29 is 5.11 Å². The second kappa shape index (κ2) is 3.63. The first-order valence-electron chi connectivity index (χ1n) is 4.10. The van der Waals surface area contributed by atoms with Crippen LogP contribution in [0.3, 0.4) is 0 Å². The third-order valence-corrected chi connectivity index (χ3v) is 3.07. The van der Waals surface area contributed by atoms with E-state index in [1.165, 1.54) is 12.8 Å². The van der Waals surface area contributed by atoms with Crippen molar-refractivity contribution in [1.82, 2.24) is 0 Å². The molecule has 1 aliphatic carbocycles. The zero-order chi connectivity index (χ0) is 7.56. The molecule has 0 radical (unpaired) electrons. The van der Waals surface area contributed by atoms with Crippen LogP contribution in [0.25, 0.3) is 0 Å². The number of rotatable bonds is 1. The summed E-state index contributed by atoms with van der Waals surface area (Å²) >= 11 is 4.29. The van der Waals surface area contributed by atoms with Gasteiger partial charge in [-0.1, -0.05) is 13.3 Å². The van der Waals surface area contributed by atoms with E-state index < -0.39 is 0 Å². The monoisotopic (exact) mass is 160 g/mol. The molecule has 0 aromatic rings. The summed E-state index contributed by atoms with van der Waals surface area (Å²) < 4.78 is 0. The smallest absolute Gasteiger partial charge is 0.0658 e. The molecule has 0 aliphatic heterocycles. The lowest BCUT2D eigenvalue weighted by atomic mass is 9.85. The molecule has 0 aromatic carbocycles. The minimum atomic E-state index is -0.151. The van der Waals surface area contributed by atoms with Crippen molar-refractivity contribution in [3.8, 4) is 0 Å². The molecular formula is C8H16OS.